The number of nitrogens with zero attached hydrogens (tertiary/aromatic N) is 1. The summed E-state index contributed by atoms with van der Waals surface area (Å²) >= 11 is 0. The molecule has 102 valence electrons. The molecule has 0 aromatic heterocycles. The highest BCUT2D eigenvalue weighted by Crippen LogP contribution is 2.29. The van der Waals surface area contributed by atoms with Gasteiger partial charge in [-0.15, -0.1) is 0 Å². The van der Waals surface area contributed by atoms with Gasteiger partial charge in [0.05, 0.1) is 5.56 Å². The fourth-order valence-corrected chi connectivity index (χ4v) is 1.70. The zero-order valence-corrected chi connectivity index (χ0v) is 9.91. The van der Waals surface area contributed by atoms with Crippen molar-refractivity contribution in [3.8, 4) is 22.9 Å². The average molecular weight is 281 g/mol. The molecule has 2 aromatic rings. The minimum Gasteiger partial charge on any atom is -0.433 e. The molecule has 0 saturated carbocycles. The number of rotatable bonds is 3. The molecule has 0 N–H and O–H groups in total. The molecule has 0 aliphatic heterocycles. The van der Waals surface area contributed by atoms with Crippen molar-refractivity contribution in [1.82, 2.24) is 0 Å². The van der Waals surface area contributed by atoms with E-state index in [9.17, 15) is 17.6 Å². The first-order valence-corrected chi connectivity index (χ1v) is 5.45. The van der Waals surface area contributed by atoms with E-state index in [-0.39, 0.29) is 22.4 Å². The first-order chi connectivity index (χ1) is 9.51. The van der Waals surface area contributed by atoms with Crippen LogP contribution in [0.4, 0.5) is 17.6 Å². The zero-order chi connectivity index (χ0) is 14.7. The van der Waals surface area contributed by atoms with Gasteiger partial charge in [-0.1, -0.05) is 6.07 Å². The third-order valence-electron chi connectivity index (χ3n) is 2.56. The predicted octanol–water partition coefficient (Wildman–Crippen LogP) is 4.10. The summed E-state index contributed by atoms with van der Waals surface area (Å²) in [5.41, 5.74) is -0.0586. The Balaban J connectivity index is 2.49. The number of hydrogen-bond donors (Lipinski definition) is 0. The molecule has 2 aromatic carbocycles. The molecule has 6 heteroatoms. The molecule has 0 aliphatic rings. The fraction of sp³-hybridized carbons (Fsp3) is 0.0714. The lowest BCUT2D eigenvalue weighted by molar-refractivity contribution is -0.0500. The number of benzene rings is 2. The Morgan fingerprint density at radius 2 is 1.80 bits per heavy atom. The second-order valence-corrected chi connectivity index (χ2v) is 3.83. The van der Waals surface area contributed by atoms with Crippen molar-refractivity contribution in [2.24, 2.45) is 0 Å². The molecule has 0 bridgehead atoms. The van der Waals surface area contributed by atoms with Gasteiger partial charge < -0.3 is 4.74 Å². The lowest BCUT2D eigenvalue weighted by atomic mass is 10.0. The van der Waals surface area contributed by atoms with Crippen LogP contribution in [0.2, 0.25) is 0 Å². The van der Waals surface area contributed by atoms with E-state index in [2.05, 4.69) is 4.74 Å². The maximum absolute atomic E-state index is 13.6. The summed E-state index contributed by atoms with van der Waals surface area (Å²) in [5.74, 6) is -1.64. The molecule has 2 rings (SSSR count). The van der Waals surface area contributed by atoms with E-state index < -0.39 is 18.2 Å². The second kappa shape index (κ2) is 5.61. The second-order valence-electron chi connectivity index (χ2n) is 3.83. The van der Waals surface area contributed by atoms with Gasteiger partial charge in [0.15, 0.2) is 0 Å². The van der Waals surface area contributed by atoms with E-state index in [0.29, 0.717) is 0 Å². The Kier molecular flexibility index (Phi) is 3.89. The Bertz CT molecular complexity index is 679. The molecule has 0 heterocycles. The van der Waals surface area contributed by atoms with E-state index in [4.69, 9.17) is 5.26 Å². The van der Waals surface area contributed by atoms with Gasteiger partial charge in [-0.2, -0.15) is 14.0 Å². The van der Waals surface area contributed by atoms with Gasteiger partial charge in [0.25, 0.3) is 0 Å². The third kappa shape index (κ3) is 2.88. The van der Waals surface area contributed by atoms with Crippen molar-refractivity contribution in [1.29, 1.82) is 5.26 Å². The monoisotopic (exact) mass is 281 g/mol. The van der Waals surface area contributed by atoms with Gasteiger partial charge in [0.1, 0.15) is 23.5 Å². The van der Waals surface area contributed by atoms with Gasteiger partial charge in [0, 0.05) is 5.56 Å². The standard InChI is InChI=1S/C14H7F4NO/c15-10-2-3-12(16)11(6-10)8-1-4-13(20-14(17)18)9(5-8)7-19/h1-6,14H. The predicted molar refractivity (Wildman–Crippen MR) is 63.1 cm³/mol. The molecule has 0 fully saturated rings. The largest absolute Gasteiger partial charge is 0.433 e. The molecule has 0 unspecified atom stereocenters. The number of halogens is 4. The number of nitriles is 1. The third-order valence-corrected chi connectivity index (χ3v) is 2.56. The van der Waals surface area contributed by atoms with E-state index in [1.807, 2.05) is 0 Å². The number of hydrogen-bond acceptors (Lipinski definition) is 2. The highest BCUT2D eigenvalue weighted by molar-refractivity contribution is 5.67. The van der Waals surface area contributed by atoms with Crippen molar-refractivity contribution in [3.63, 3.8) is 0 Å². The SMILES string of the molecule is N#Cc1cc(-c2cc(F)ccc2F)ccc1OC(F)F. The molecule has 0 spiro atoms. The highest BCUT2D eigenvalue weighted by Gasteiger charge is 2.13. The Hall–Kier alpha value is -2.55. The lowest BCUT2D eigenvalue weighted by Crippen LogP contribution is -2.03. The Morgan fingerprint density at radius 3 is 2.45 bits per heavy atom. The molecule has 2 nitrogen and oxygen atoms in total. The fourth-order valence-electron chi connectivity index (χ4n) is 1.70. The molecule has 0 saturated heterocycles. The molecule has 0 aliphatic carbocycles. The van der Waals surface area contributed by atoms with Crippen LogP contribution in [0.1, 0.15) is 5.56 Å². The first kappa shape index (κ1) is 13.9. The van der Waals surface area contributed by atoms with Gasteiger partial charge in [-0.05, 0) is 35.9 Å². The Labute approximate surface area is 111 Å². The zero-order valence-electron chi connectivity index (χ0n) is 9.91. The quantitative estimate of drug-likeness (QED) is 0.793. The summed E-state index contributed by atoms with van der Waals surface area (Å²) in [6.07, 6.45) is 0. The molecule has 0 radical (unpaired) electrons. The van der Waals surface area contributed by atoms with Crippen LogP contribution >= 0.6 is 0 Å². The van der Waals surface area contributed by atoms with Crippen LogP contribution in [-0.4, -0.2) is 6.61 Å². The van der Waals surface area contributed by atoms with Gasteiger partial charge in [-0.25, -0.2) is 8.78 Å². The van der Waals surface area contributed by atoms with Crippen molar-refractivity contribution in [2.45, 2.75) is 6.61 Å². The van der Waals surface area contributed by atoms with Crippen molar-refractivity contribution < 1.29 is 22.3 Å². The maximum atomic E-state index is 13.6. The molecule has 20 heavy (non-hydrogen) atoms. The summed E-state index contributed by atoms with van der Waals surface area (Å²) in [5, 5.41) is 8.88. The van der Waals surface area contributed by atoms with Crippen LogP contribution < -0.4 is 4.74 Å². The average Bonchev–Trinajstić information content (AvgIpc) is 2.41. The highest BCUT2D eigenvalue weighted by atomic mass is 19.3. The lowest BCUT2D eigenvalue weighted by Gasteiger charge is -2.09. The maximum Gasteiger partial charge on any atom is 0.387 e. The van der Waals surface area contributed by atoms with Crippen LogP contribution in [0.3, 0.4) is 0 Å². The van der Waals surface area contributed by atoms with Crippen molar-refractivity contribution >= 4 is 0 Å². The molecular weight excluding hydrogens is 274 g/mol. The minimum atomic E-state index is -3.07. The van der Waals surface area contributed by atoms with Crippen LogP contribution in [0.15, 0.2) is 36.4 Å². The van der Waals surface area contributed by atoms with E-state index in [1.165, 1.54) is 6.07 Å². The normalized spacial score (nSPS) is 10.4. The van der Waals surface area contributed by atoms with Crippen molar-refractivity contribution in [2.75, 3.05) is 0 Å². The minimum absolute atomic E-state index is 0.0647. The topological polar surface area (TPSA) is 33.0 Å². The summed E-state index contributed by atoms with van der Waals surface area (Å²) < 4.78 is 55.1. The van der Waals surface area contributed by atoms with Crippen LogP contribution in [-0.2, 0) is 0 Å². The summed E-state index contributed by atoms with van der Waals surface area (Å²) in [4.78, 5) is 0. The van der Waals surface area contributed by atoms with Gasteiger partial charge in [0.2, 0.25) is 0 Å². The van der Waals surface area contributed by atoms with E-state index in [0.717, 1.165) is 30.3 Å². The summed E-state index contributed by atoms with van der Waals surface area (Å²) in [6.45, 7) is -3.07. The molecule has 0 amide bonds. The number of ether oxygens (including phenoxy) is 1. The summed E-state index contributed by atoms with van der Waals surface area (Å²) in [7, 11) is 0. The summed E-state index contributed by atoms with van der Waals surface area (Å²) in [6, 6.07) is 8.08. The van der Waals surface area contributed by atoms with E-state index in [1.54, 1.807) is 6.07 Å². The van der Waals surface area contributed by atoms with Crippen molar-refractivity contribution in [3.05, 3.63) is 53.6 Å². The smallest absolute Gasteiger partial charge is 0.387 e. The number of alkyl halides is 2. The van der Waals surface area contributed by atoms with Crippen LogP contribution in [0, 0.1) is 23.0 Å². The molecule has 0 atom stereocenters. The molecular formula is C14H7F4NO. The van der Waals surface area contributed by atoms with Gasteiger partial charge in [-0.3, -0.25) is 0 Å². The van der Waals surface area contributed by atoms with E-state index >= 15 is 0 Å². The van der Waals surface area contributed by atoms with Crippen LogP contribution in [0.25, 0.3) is 11.1 Å². The van der Waals surface area contributed by atoms with Crippen LogP contribution in [0.5, 0.6) is 5.75 Å². The Morgan fingerprint density at radius 1 is 1.05 bits per heavy atom. The van der Waals surface area contributed by atoms with Gasteiger partial charge >= 0.3 is 6.61 Å². The first-order valence-electron chi connectivity index (χ1n) is 5.45.